The molecule has 26 heavy (non-hydrogen) atoms. The molecule has 0 radical (unpaired) electrons. The van der Waals surface area contributed by atoms with Crippen molar-refractivity contribution >= 4 is 84.6 Å². The molecule has 0 aromatic heterocycles. The molecule has 142 valence electrons. The number of Topliss-reactive ketones (excluding diaryl/α,β-unsaturated/α-hetero) is 2. The highest BCUT2D eigenvalue weighted by Gasteiger charge is 2.75. The molecule has 0 aromatic carbocycles. The monoisotopic (exact) mass is 600 g/mol. The Hall–Kier alpha value is -2.18. The summed E-state index contributed by atoms with van der Waals surface area (Å²) in [7, 11) is 0. The van der Waals surface area contributed by atoms with E-state index in [1.807, 2.05) is 0 Å². The Morgan fingerprint density at radius 1 is 0.769 bits per heavy atom. The van der Waals surface area contributed by atoms with Gasteiger partial charge in [0.05, 0.1) is 6.42 Å². The minimum absolute atomic E-state index is 0.319. The Bertz CT molecular complexity index is 611. The number of cyclic esters (lactones) is 2. The zero-order chi connectivity index (χ0) is 21.0. The third kappa shape index (κ3) is 3.27. The summed E-state index contributed by atoms with van der Waals surface area (Å²) in [4.78, 5) is 83.4. The van der Waals surface area contributed by atoms with Gasteiger partial charge in [0.15, 0.2) is 11.6 Å². The summed E-state index contributed by atoms with van der Waals surface area (Å²) in [6.07, 6.45) is -0.319. The summed E-state index contributed by atoms with van der Waals surface area (Å²) in [6.45, 7) is 0. The van der Waals surface area contributed by atoms with Crippen LogP contribution in [-0.2, 0) is 43.1 Å². The summed E-state index contributed by atoms with van der Waals surface area (Å²) >= 11 is 4.24. The van der Waals surface area contributed by atoms with Crippen LogP contribution in [0.2, 0.25) is 0 Å². The quantitative estimate of drug-likeness (QED) is 0.167. The molecule has 0 amide bonds. The Kier molecular flexibility index (Phi) is 7.76. The number of halogens is 2. The molecular formula is C11H6I2O13. The number of esters is 2. The Morgan fingerprint density at radius 2 is 1.04 bits per heavy atom. The molecule has 0 bridgehead atoms. The number of ether oxygens (including phenoxy) is 1. The molecule has 1 aliphatic carbocycles. The SMILES string of the molecule is II.O=C(O)C(C(=O)O)(C(=O)O)C(=O)O.O=C1CC(=O)C12C(=O)OC2=O. The molecule has 0 aromatic rings. The van der Waals surface area contributed by atoms with E-state index >= 15 is 0 Å². The highest BCUT2D eigenvalue weighted by atomic mass is 128. The van der Waals surface area contributed by atoms with Gasteiger partial charge in [0.2, 0.25) is 0 Å². The van der Waals surface area contributed by atoms with Gasteiger partial charge in [-0.05, 0) is 0 Å². The lowest BCUT2D eigenvalue weighted by atomic mass is 9.63. The van der Waals surface area contributed by atoms with Crippen molar-refractivity contribution in [1.29, 1.82) is 0 Å². The van der Waals surface area contributed by atoms with Crippen molar-refractivity contribution in [3.05, 3.63) is 0 Å². The van der Waals surface area contributed by atoms with E-state index in [0.717, 1.165) is 0 Å². The van der Waals surface area contributed by atoms with Crippen molar-refractivity contribution < 1.29 is 63.5 Å². The third-order valence-corrected chi connectivity index (χ3v) is 3.24. The largest absolute Gasteiger partial charge is 0.480 e. The molecule has 4 N–H and O–H groups in total. The number of rotatable bonds is 4. The van der Waals surface area contributed by atoms with Gasteiger partial charge in [-0.2, -0.15) is 0 Å². The van der Waals surface area contributed by atoms with E-state index in [9.17, 15) is 38.4 Å². The van der Waals surface area contributed by atoms with Crippen molar-refractivity contribution in [3.63, 3.8) is 0 Å². The van der Waals surface area contributed by atoms with E-state index < -0.39 is 58.2 Å². The predicted octanol–water partition coefficient (Wildman–Crippen LogP) is -1.32. The van der Waals surface area contributed by atoms with Gasteiger partial charge in [0.1, 0.15) is 0 Å². The Morgan fingerprint density at radius 3 is 1.12 bits per heavy atom. The number of ketones is 2. The molecule has 2 rings (SSSR count). The number of carboxylic acid groups (broad SMARTS) is 4. The molecule has 2 fully saturated rings. The van der Waals surface area contributed by atoms with Gasteiger partial charge in [-0.15, -0.1) is 0 Å². The molecule has 1 heterocycles. The predicted molar refractivity (Wildman–Crippen MR) is 89.2 cm³/mol. The first-order valence-corrected chi connectivity index (χ1v) is 12.1. The van der Waals surface area contributed by atoms with Gasteiger partial charge < -0.3 is 25.2 Å². The minimum atomic E-state index is -3.83. The molecule has 15 heteroatoms. The fourth-order valence-electron chi connectivity index (χ4n) is 1.74. The summed E-state index contributed by atoms with van der Waals surface area (Å²) in [5.41, 5.74) is -5.83. The zero-order valence-corrected chi connectivity index (χ0v) is 16.2. The van der Waals surface area contributed by atoms with E-state index in [2.05, 4.69) is 42.0 Å². The Balaban J connectivity index is 0.000000441. The fraction of sp³-hybridized carbons (Fsp3) is 0.273. The van der Waals surface area contributed by atoms with Gasteiger partial charge in [-0.1, -0.05) is 0 Å². The van der Waals surface area contributed by atoms with Gasteiger partial charge in [-0.3, -0.25) is 9.59 Å². The summed E-state index contributed by atoms with van der Waals surface area (Å²) in [6, 6.07) is 0. The van der Waals surface area contributed by atoms with E-state index in [1.54, 1.807) is 0 Å². The van der Waals surface area contributed by atoms with Crippen LogP contribution in [0.25, 0.3) is 0 Å². The van der Waals surface area contributed by atoms with E-state index in [0.29, 0.717) is 0 Å². The molecule has 1 spiro atoms. The second-order valence-corrected chi connectivity index (χ2v) is 4.42. The lowest BCUT2D eigenvalue weighted by Gasteiger charge is -2.38. The molecule has 0 unspecified atom stereocenters. The van der Waals surface area contributed by atoms with Crippen LogP contribution >= 0.6 is 37.2 Å². The van der Waals surface area contributed by atoms with Crippen LogP contribution in [-0.4, -0.2) is 67.8 Å². The summed E-state index contributed by atoms with van der Waals surface area (Å²) < 4.78 is 3.92. The summed E-state index contributed by atoms with van der Waals surface area (Å²) in [5.74, 6) is -13.1. The van der Waals surface area contributed by atoms with Crippen molar-refractivity contribution in [3.8, 4) is 0 Å². The van der Waals surface area contributed by atoms with E-state index in [-0.39, 0.29) is 6.42 Å². The highest BCUT2D eigenvalue weighted by Crippen LogP contribution is 2.42. The first-order valence-electron chi connectivity index (χ1n) is 5.79. The number of carbonyl (C=O) groups excluding carboxylic acids is 4. The molecule has 0 atom stereocenters. The van der Waals surface area contributed by atoms with Gasteiger partial charge in [-0.25, -0.2) is 28.8 Å². The molecule has 1 aliphatic heterocycles. The minimum Gasteiger partial charge on any atom is -0.480 e. The van der Waals surface area contributed by atoms with Crippen LogP contribution in [0.5, 0.6) is 0 Å². The standard InChI is InChI=1S/C6H2O5.C5H4O8.I2/c7-2-1-3(8)6(2)4(9)11-5(6)10;6-1(7)5(2(8)9,3(10)11)4(12)13;1-2/h1H2;(H,6,7)(H,8,9)(H,10,11)(H,12,13);. The van der Waals surface area contributed by atoms with Crippen molar-refractivity contribution in [2.45, 2.75) is 6.42 Å². The first-order chi connectivity index (χ1) is 11.9. The maximum atomic E-state index is 10.7. The lowest BCUT2D eigenvalue weighted by Crippen LogP contribution is -2.69. The van der Waals surface area contributed by atoms with E-state index in [1.165, 1.54) is 0 Å². The summed E-state index contributed by atoms with van der Waals surface area (Å²) in [5, 5.41) is 32.8. The average molecular weight is 600 g/mol. The lowest BCUT2D eigenvalue weighted by molar-refractivity contribution is -0.202. The third-order valence-electron chi connectivity index (χ3n) is 3.24. The fourth-order valence-corrected chi connectivity index (χ4v) is 1.74. The van der Waals surface area contributed by atoms with Gasteiger partial charge in [0.25, 0.3) is 5.41 Å². The van der Waals surface area contributed by atoms with Crippen molar-refractivity contribution in [2.24, 2.45) is 10.8 Å². The van der Waals surface area contributed by atoms with Crippen LogP contribution < -0.4 is 0 Å². The Labute approximate surface area is 165 Å². The van der Waals surface area contributed by atoms with Crippen LogP contribution in [0.4, 0.5) is 0 Å². The maximum absolute atomic E-state index is 10.7. The smallest absolute Gasteiger partial charge is 0.354 e. The average Bonchev–Trinajstić information content (AvgIpc) is 2.48. The first kappa shape index (κ1) is 23.8. The molecular weight excluding hydrogens is 594 g/mol. The van der Waals surface area contributed by atoms with Crippen LogP contribution in [0.15, 0.2) is 0 Å². The maximum Gasteiger partial charge on any atom is 0.354 e. The molecule has 1 saturated carbocycles. The van der Waals surface area contributed by atoms with Crippen molar-refractivity contribution in [2.75, 3.05) is 0 Å². The second kappa shape index (κ2) is 8.47. The van der Waals surface area contributed by atoms with Crippen LogP contribution in [0.1, 0.15) is 6.42 Å². The second-order valence-electron chi connectivity index (χ2n) is 4.42. The van der Waals surface area contributed by atoms with Crippen molar-refractivity contribution in [1.82, 2.24) is 0 Å². The normalized spacial score (nSPS) is 16.5. The molecule has 13 nitrogen and oxygen atoms in total. The molecule has 2 aliphatic rings. The van der Waals surface area contributed by atoms with E-state index in [4.69, 9.17) is 20.4 Å². The van der Waals surface area contributed by atoms with Crippen LogP contribution in [0, 0.1) is 10.8 Å². The highest BCUT2D eigenvalue weighted by molar-refractivity contribution is 15.0. The molecule has 1 saturated heterocycles. The number of hydrogen-bond acceptors (Lipinski definition) is 9. The van der Waals surface area contributed by atoms with Crippen LogP contribution in [0.3, 0.4) is 0 Å². The number of carboxylic acids is 4. The van der Waals surface area contributed by atoms with Gasteiger partial charge >= 0.3 is 41.2 Å². The number of hydrogen-bond donors (Lipinski definition) is 4. The van der Waals surface area contributed by atoms with Gasteiger partial charge in [0, 0.05) is 37.2 Å². The topological polar surface area (TPSA) is 227 Å². The number of aliphatic carboxylic acids is 4. The zero-order valence-electron chi connectivity index (χ0n) is 11.9. The number of carbonyl (C=O) groups is 8.